The molecule has 9 atom stereocenters. The minimum atomic E-state index is -1.95. The number of fused-ring (bicyclic) bond motifs is 1. The van der Waals surface area contributed by atoms with Crippen LogP contribution in [0.5, 0.6) is 17.2 Å². The van der Waals surface area contributed by atoms with Crippen LogP contribution in [-0.2, 0) is 23.8 Å². The molecule has 1 fully saturated rings. The van der Waals surface area contributed by atoms with Crippen LogP contribution in [0.25, 0.3) is 10.8 Å². The molecule has 4 heterocycles. The van der Waals surface area contributed by atoms with Crippen molar-refractivity contribution in [2.24, 2.45) is 39.6 Å². The fourth-order valence-corrected chi connectivity index (χ4v) is 9.20. The average molecular weight is 847 g/mol. The van der Waals surface area contributed by atoms with Crippen LogP contribution in [0.2, 0.25) is 0 Å². The number of likely N-dealkylation sites (tertiary alicyclic amines) is 1. The molecule has 0 radical (unpaired) electrons. The maximum Gasteiger partial charge on any atom is 0.312 e. The minimum Gasteiger partial charge on any atom is -0.507 e. The largest absolute Gasteiger partial charge is 0.507 e. The summed E-state index contributed by atoms with van der Waals surface area (Å²) in [6, 6.07) is 0. The third-order valence-corrected chi connectivity index (χ3v) is 12.9. The number of methoxy groups -OCH3 is 1. The number of nitrogens with one attached hydrogen (secondary N) is 1. The number of nitrogens with zero attached hydrogens (tertiary/aromatic N) is 3. The van der Waals surface area contributed by atoms with E-state index in [0.29, 0.717) is 31.8 Å². The molecule has 1 amide bonds. The number of hydrogen-bond donors (Lipinski definition) is 5. The summed E-state index contributed by atoms with van der Waals surface area (Å²) < 4.78 is 23.8. The molecule has 9 unspecified atom stereocenters. The van der Waals surface area contributed by atoms with Gasteiger partial charge in [0.25, 0.3) is 11.7 Å². The lowest BCUT2D eigenvalue weighted by atomic mass is 9.78. The molecule has 4 bridgehead atoms. The lowest BCUT2D eigenvalue weighted by molar-refractivity contribution is -0.161. The maximum atomic E-state index is 14.7. The van der Waals surface area contributed by atoms with E-state index in [1.54, 1.807) is 59.8 Å². The van der Waals surface area contributed by atoms with Crippen LogP contribution < -0.4 is 20.8 Å². The van der Waals surface area contributed by atoms with Gasteiger partial charge < -0.3 is 49.6 Å². The zero-order chi connectivity index (χ0) is 44.9. The summed E-state index contributed by atoms with van der Waals surface area (Å²) >= 11 is 0. The van der Waals surface area contributed by atoms with Gasteiger partial charge in [0.2, 0.25) is 0 Å². The van der Waals surface area contributed by atoms with Crippen LogP contribution in [0.4, 0.5) is 5.69 Å². The van der Waals surface area contributed by atoms with Gasteiger partial charge in [0.15, 0.2) is 11.4 Å². The molecular formula is C46H62N4O11. The molecule has 2 aromatic rings. The fourth-order valence-electron chi connectivity index (χ4n) is 9.20. The second-order valence-corrected chi connectivity index (χ2v) is 18.0. The van der Waals surface area contributed by atoms with Gasteiger partial charge in [-0.25, -0.2) is 0 Å². The number of hydrogen-bond acceptors (Lipinski definition) is 14. The Morgan fingerprint density at radius 3 is 2.23 bits per heavy atom. The number of ketones is 1. The van der Waals surface area contributed by atoms with E-state index in [-0.39, 0.29) is 55.4 Å². The molecule has 5 N–H and O–H groups in total. The SMILES string of the molecule is COC1/C=C\OC2(C)Oc3c(C)c(O)c4c(O)c(c5c(c4c3C2=O)=NC2(CCN(CC(C)C)CC2)N=5)NC(=O)/C(C)=C\C=C/C(C)C(O)C(C)C(OC(C)=O)C(C)C(O)C1C. The molecule has 0 aliphatic carbocycles. The number of phenolic OH excluding ortho intramolecular Hbond substituents is 2. The number of phenols is 2. The number of aliphatic hydroxyl groups excluding tert-OH is 2. The molecule has 1 saturated heterocycles. The molecule has 1 spiro atoms. The highest BCUT2D eigenvalue weighted by Crippen LogP contribution is 2.50. The number of carbonyl (C=O) groups is 3. The standard InChI is InChI=1S/C46H62N4O11/c1-22(2)21-50-18-16-46(17-19-50)48-34-31-32-39(54)28(8)42-33(31)43(56)45(10,61-42)59-20-15-30(58-11)25(5)38(53)27(7)41(60-29(9)51)26(6)37(52)23(3)13-12-14-24(4)44(57)47-36(40(32)55)35(34)49-46/h12-15,20,22-23,25-27,30,37-38,41,52-55H,16-19,21H2,1-11H3,(H,47,57)/b13-12-,20-15-,24-14-. The molecule has 61 heavy (non-hydrogen) atoms. The monoisotopic (exact) mass is 846 g/mol. The predicted octanol–water partition coefficient (Wildman–Crippen LogP) is 4.75. The van der Waals surface area contributed by atoms with Crippen LogP contribution in [-0.4, -0.2) is 106 Å². The van der Waals surface area contributed by atoms with E-state index in [4.69, 9.17) is 28.9 Å². The van der Waals surface area contributed by atoms with E-state index < -0.39 is 82.9 Å². The van der Waals surface area contributed by atoms with Crippen LogP contribution in [0.15, 0.2) is 46.1 Å². The predicted molar refractivity (Wildman–Crippen MR) is 228 cm³/mol. The Kier molecular flexibility index (Phi) is 13.1. The van der Waals surface area contributed by atoms with E-state index in [1.807, 2.05) is 0 Å². The number of anilines is 1. The zero-order valence-electron chi connectivity index (χ0n) is 37.1. The fraction of sp³-hybridized carbons (Fsp3) is 0.587. The Bertz CT molecular complexity index is 2300. The minimum absolute atomic E-state index is 0.0392. The summed E-state index contributed by atoms with van der Waals surface area (Å²) in [4.78, 5) is 53.6. The Morgan fingerprint density at radius 1 is 0.967 bits per heavy atom. The van der Waals surface area contributed by atoms with Crippen molar-refractivity contribution in [1.29, 1.82) is 0 Å². The number of piperidine rings is 1. The van der Waals surface area contributed by atoms with Crippen molar-refractivity contribution in [3.63, 3.8) is 0 Å². The van der Waals surface area contributed by atoms with Gasteiger partial charge in [0.05, 0.1) is 40.9 Å². The Labute approximate surface area is 356 Å². The highest BCUT2D eigenvalue weighted by atomic mass is 16.7. The second kappa shape index (κ2) is 17.5. The number of amides is 1. The zero-order valence-corrected chi connectivity index (χ0v) is 37.1. The van der Waals surface area contributed by atoms with Gasteiger partial charge in [-0.2, -0.15) is 0 Å². The first kappa shape index (κ1) is 45.7. The molecular weight excluding hydrogens is 785 g/mol. The number of aliphatic hydroxyl groups is 2. The summed E-state index contributed by atoms with van der Waals surface area (Å²) in [5.74, 6) is -6.44. The van der Waals surface area contributed by atoms with Gasteiger partial charge in [-0.3, -0.25) is 24.4 Å². The molecule has 15 heteroatoms. The average Bonchev–Trinajstić information content (AvgIpc) is 3.71. The van der Waals surface area contributed by atoms with Gasteiger partial charge >= 0.3 is 11.8 Å². The van der Waals surface area contributed by atoms with Crippen LogP contribution in [0.1, 0.15) is 91.1 Å². The maximum absolute atomic E-state index is 14.7. The van der Waals surface area contributed by atoms with Gasteiger partial charge in [-0.05, 0) is 25.8 Å². The molecule has 15 nitrogen and oxygen atoms in total. The number of ether oxygens (including phenoxy) is 4. The second-order valence-electron chi connectivity index (χ2n) is 18.0. The lowest BCUT2D eigenvalue weighted by Crippen LogP contribution is -2.46. The number of aromatic hydroxyl groups is 2. The normalized spacial score (nSPS) is 32.7. The van der Waals surface area contributed by atoms with Crippen LogP contribution >= 0.6 is 0 Å². The molecule has 0 saturated carbocycles. The summed E-state index contributed by atoms with van der Waals surface area (Å²) in [6.45, 7) is 19.5. The first-order valence-electron chi connectivity index (χ1n) is 21.2. The van der Waals surface area contributed by atoms with Crippen molar-refractivity contribution < 1.29 is 53.8 Å². The summed E-state index contributed by atoms with van der Waals surface area (Å²) in [5, 5.41) is 50.4. The molecule has 0 aromatic heterocycles. The number of rotatable bonds is 4. The van der Waals surface area contributed by atoms with Crippen molar-refractivity contribution in [3.05, 3.63) is 58.0 Å². The highest BCUT2D eigenvalue weighted by molar-refractivity contribution is 6.19. The summed E-state index contributed by atoms with van der Waals surface area (Å²) in [6.07, 6.45) is 5.03. The summed E-state index contributed by atoms with van der Waals surface area (Å²) in [5.41, 5.74) is -0.571. The van der Waals surface area contributed by atoms with Crippen molar-refractivity contribution >= 4 is 34.1 Å². The van der Waals surface area contributed by atoms with E-state index in [2.05, 4.69) is 24.1 Å². The van der Waals surface area contributed by atoms with Crippen molar-refractivity contribution in [3.8, 4) is 17.2 Å². The molecule has 4 aliphatic rings. The van der Waals surface area contributed by atoms with Gasteiger partial charge in [0.1, 0.15) is 28.6 Å². The van der Waals surface area contributed by atoms with Crippen molar-refractivity contribution in [1.82, 2.24) is 4.90 Å². The lowest BCUT2D eigenvalue weighted by Gasteiger charge is -2.38. The van der Waals surface area contributed by atoms with Crippen molar-refractivity contribution in [2.75, 3.05) is 32.1 Å². The third kappa shape index (κ3) is 8.54. The number of benzene rings is 2. The van der Waals surface area contributed by atoms with Gasteiger partial charge in [-0.15, -0.1) is 0 Å². The molecule has 6 rings (SSSR count). The Balaban J connectivity index is 1.53. The number of esters is 1. The Morgan fingerprint density at radius 2 is 1.61 bits per heavy atom. The highest BCUT2D eigenvalue weighted by Gasteiger charge is 2.50. The topological polar surface area (TPSA) is 209 Å². The number of carbonyl (C=O) groups excluding carboxylic acids is 3. The third-order valence-electron chi connectivity index (χ3n) is 12.9. The van der Waals surface area contributed by atoms with Crippen molar-refractivity contribution in [2.45, 2.75) is 118 Å². The molecule has 332 valence electrons. The number of allylic oxidation sites excluding steroid dienone is 2. The smallest absolute Gasteiger partial charge is 0.312 e. The van der Waals surface area contributed by atoms with Gasteiger partial charge in [-0.1, -0.05) is 59.8 Å². The molecule has 4 aliphatic heterocycles. The van der Waals surface area contributed by atoms with Crippen LogP contribution in [0, 0.1) is 36.5 Å². The quantitative estimate of drug-likeness (QED) is 0.209. The first-order valence-corrected chi connectivity index (χ1v) is 21.2. The van der Waals surface area contributed by atoms with E-state index >= 15 is 0 Å². The molecule has 2 aromatic carbocycles. The van der Waals surface area contributed by atoms with E-state index in [0.717, 1.165) is 6.54 Å². The summed E-state index contributed by atoms with van der Waals surface area (Å²) in [7, 11) is 1.46. The van der Waals surface area contributed by atoms with Crippen LogP contribution in [0.3, 0.4) is 0 Å². The first-order chi connectivity index (χ1) is 28.6. The van der Waals surface area contributed by atoms with E-state index in [1.165, 1.54) is 33.3 Å². The number of Topliss-reactive ketones (excluding diaryl/α,β-unsaturated/α-hetero) is 1. The van der Waals surface area contributed by atoms with Gasteiger partial charge in [0, 0.05) is 93.6 Å². The van der Waals surface area contributed by atoms with E-state index in [9.17, 15) is 34.8 Å². The Hall–Kier alpha value is -4.83.